The fraction of sp³-hybridized carbons (Fsp3) is 1.00. The zero-order valence-corrected chi connectivity index (χ0v) is 15.9. The first-order chi connectivity index (χ1) is 11.6. The molecule has 0 aliphatic heterocycles. The van der Waals surface area contributed by atoms with Crippen molar-refractivity contribution in [2.24, 2.45) is 22.9 Å². The Morgan fingerprint density at radius 2 is 0.920 bits per heavy atom. The Kier molecular flexibility index (Phi) is 26.0. The molecule has 0 bridgehead atoms. The van der Waals surface area contributed by atoms with Crippen molar-refractivity contribution in [2.75, 3.05) is 26.3 Å². The van der Waals surface area contributed by atoms with Gasteiger partial charge >= 0.3 is 7.82 Å². The van der Waals surface area contributed by atoms with E-state index in [1.165, 1.54) is 0 Å². The number of nitrogens with two attached hydrogens (primary N) is 4. The highest BCUT2D eigenvalue weighted by Crippen LogP contribution is 2.25. The van der Waals surface area contributed by atoms with Crippen LogP contribution in [-0.4, -0.2) is 63.3 Å². The molecule has 0 spiro atoms. The largest absolute Gasteiger partial charge is 0.466 e. The third-order valence-electron chi connectivity index (χ3n) is 3.02. The highest BCUT2D eigenvalue weighted by Gasteiger charge is 2.01. The molecule has 11 heteroatoms. The minimum atomic E-state index is -4.64. The van der Waals surface area contributed by atoms with Crippen molar-refractivity contribution in [2.45, 2.75) is 63.5 Å². The van der Waals surface area contributed by atoms with Crippen LogP contribution in [0.15, 0.2) is 0 Å². The molecule has 0 fully saturated rings. The van der Waals surface area contributed by atoms with E-state index >= 15 is 0 Å². The standard InChI is InChI=1S/2C7H18N2O.H3O4P/c2*8-5-1-3-7(9)4-2-6-10;1-5(2,3)4/h2*7,10H,1-6,8-9H2;(H3,1,2,3,4). The molecule has 0 aliphatic carbocycles. The summed E-state index contributed by atoms with van der Waals surface area (Å²) in [7, 11) is -4.64. The molecule has 0 heterocycles. The van der Waals surface area contributed by atoms with E-state index in [0.29, 0.717) is 13.1 Å². The van der Waals surface area contributed by atoms with Gasteiger partial charge in [0.1, 0.15) is 0 Å². The van der Waals surface area contributed by atoms with Gasteiger partial charge in [-0.2, -0.15) is 0 Å². The van der Waals surface area contributed by atoms with E-state index in [9.17, 15) is 0 Å². The molecule has 0 aliphatic rings. The molecule has 0 radical (unpaired) electrons. The molecular weight excluding hydrogens is 351 g/mol. The average molecular weight is 390 g/mol. The minimum Gasteiger partial charge on any atom is -0.396 e. The molecule has 10 nitrogen and oxygen atoms in total. The molecule has 25 heavy (non-hydrogen) atoms. The molecule has 0 saturated carbocycles. The number of rotatable bonds is 12. The lowest BCUT2D eigenvalue weighted by Gasteiger charge is -2.08. The van der Waals surface area contributed by atoms with E-state index < -0.39 is 7.82 Å². The topological polar surface area (TPSA) is 222 Å². The lowest BCUT2D eigenvalue weighted by atomic mass is 10.1. The molecule has 0 aromatic rings. The number of hydrogen-bond acceptors (Lipinski definition) is 7. The highest BCUT2D eigenvalue weighted by atomic mass is 31.2. The predicted octanol–water partition coefficient (Wildman–Crippen LogP) is -1.28. The van der Waals surface area contributed by atoms with Gasteiger partial charge in [-0.15, -0.1) is 0 Å². The van der Waals surface area contributed by atoms with Gasteiger partial charge in [0, 0.05) is 25.3 Å². The van der Waals surface area contributed by atoms with Gasteiger partial charge < -0.3 is 47.8 Å². The summed E-state index contributed by atoms with van der Waals surface area (Å²) in [5.74, 6) is 0. The maximum Gasteiger partial charge on any atom is 0.466 e. The Hall–Kier alpha value is -0.130. The zero-order chi connectivity index (χ0) is 20.1. The monoisotopic (exact) mass is 390 g/mol. The van der Waals surface area contributed by atoms with E-state index in [0.717, 1.165) is 51.4 Å². The molecular formula is C14H39N4O6P. The lowest BCUT2D eigenvalue weighted by molar-refractivity contribution is 0.275. The van der Waals surface area contributed by atoms with E-state index in [2.05, 4.69) is 0 Å². The van der Waals surface area contributed by atoms with Gasteiger partial charge in [-0.25, -0.2) is 4.57 Å². The van der Waals surface area contributed by atoms with Crippen LogP contribution in [0.4, 0.5) is 0 Å². The molecule has 0 amide bonds. The van der Waals surface area contributed by atoms with Crippen LogP contribution in [0.25, 0.3) is 0 Å². The predicted molar refractivity (Wildman–Crippen MR) is 99.4 cm³/mol. The fourth-order valence-electron chi connectivity index (χ4n) is 1.76. The highest BCUT2D eigenvalue weighted by molar-refractivity contribution is 7.45. The van der Waals surface area contributed by atoms with Crippen molar-refractivity contribution in [1.29, 1.82) is 0 Å². The van der Waals surface area contributed by atoms with Crippen LogP contribution in [0.3, 0.4) is 0 Å². The molecule has 0 rings (SSSR count). The van der Waals surface area contributed by atoms with Crippen LogP contribution in [0.5, 0.6) is 0 Å². The Morgan fingerprint density at radius 1 is 0.680 bits per heavy atom. The molecule has 2 atom stereocenters. The SMILES string of the molecule is NCCCC(N)CCCO.NCCCC(N)CCCO.O=P(O)(O)O. The summed E-state index contributed by atoms with van der Waals surface area (Å²) in [6, 6.07) is 0.464. The van der Waals surface area contributed by atoms with Gasteiger partial charge in [0.15, 0.2) is 0 Å². The summed E-state index contributed by atoms with van der Waals surface area (Å²) in [4.78, 5) is 21.6. The van der Waals surface area contributed by atoms with E-state index in [4.69, 9.17) is 52.4 Å². The molecule has 156 valence electrons. The second-order valence-electron chi connectivity index (χ2n) is 5.63. The number of phosphoric acid groups is 1. The summed E-state index contributed by atoms with van der Waals surface area (Å²) in [5.41, 5.74) is 22.0. The van der Waals surface area contributed by atoms with Crippen LogP contribution in [0, 0.1) is 0 Å². The molecule has 13 N–H and O–H groups in total. The van der Waals surface area contributed by atoms with E-state index in [1.807, 2.05) is 0 Å². The van der Waals surface area contributed by atoms with Gasteiger partial charge in [0.25, 0.3) is 0 Å². The van der Waals surface area contributed by atoms with Crippen LogP contribution < -0.4 is 22.9 Å². The van der Waals surface area contributed by atoms with Crippen LogP contribution in [0.2, 0.25) is 0 Å². The molecule has 0 aromatic heterocycles. The fourth-order valence-corrected chi connectivity index (χ4v) is 1.76. The van der Waals surface area contributed by atoms with Crippen molar-refractivity contribution in [3.05, 3.63) is 0 Å². The van der Waals surface area contributed by atoms with Gasteiger partial charge in [0.05, 0.1) is 0 Å². The van der Waals surface area contributed by atoms with Crippen molar-refractivity contribution >= 4 is 7.82 Å². The Bertz CT molecular complexity index is 254. The summed E-state index contributed by atoms with van der Waals surface area (Å²) in [6.07, 6.45) is 7.40. The van der Waals surface area contributed by atoms with Gasteiger partial charge in [-0.3, -0.25) is 0 Å². The Labute approximate surface area is 150 Å². The maximum absolute atomic E-state index is 8.88. The molecule has 0 aromatic carbocycles. The summed E-state index contributed by atoms with van der Waals surface area (Å²) in [5, 5.41) is 16.9. The van der Waals surface area contributed by atoms with Gasteiger partial charge in [-0.1, -0.05) is 0 Å². The first-order valence-electron chi connectivity index (χ1n) is 8.53. The number of aliphatic hydroxyl groups is 2. The quantitative estimate of drug-likeness (QED) is 0.179. The second-order valence-corrected chi connectivity index (χ2v) is 6.65. The zero-order valence-electron chi connectivity index (χ0n) is 15.0. The van der Waals surface area contributed by atoms with Crippen LogP contribution in [-0.2, 0) is 4.57 Å². The molecule has 2 unspecified atom stereocenters. The van der Waals surface area contributed by atoms with E-state index in [1.54, 1.807) is 0 Å². The first-order valence-corrected chi connectivity index (χ1v) is 10.1. The number of aliphatic hydroxyl groups excluding tert-OH is 2. The normalized spacial score (nSPS) is 13.2. The van der Waals surface area contributed by atoms with Crippen molar-refractivity contribution < 1.29 is 29.5 Å². The third-order valence-corrected chi connectivity index (χ3v) is 3.02. The summed E-state index contributed by atoms with van der Waals surface area (Å²) >= 11 is 0. The summed E-state index contributed by atoms with van der Waals surface area (Å²) in [6.45, 7) is 1.92. The summed E-state index contributed by atoms with van der Waals surface area (Å²) < 4.78 is 8.88. The first kappa shape index (κ1) is 29.6. The van der Waals surface area contributed by atoms with Crippen LogP contribution >= 0.6 is 7.82 Å². The van der Waals surface area contributed by atoms with Gasteiger partial charge in [-0.05, 0) is 64.5 Å². The second kappa shape index (κ2) is 21.9. The van der Waals surface area contributed by atoms with Crippen molar-refractivity contribution in [3.8, 4) is 0 Å². The lowest BCUT2D eigenvalue weighted by Crippen LogP contribution is -2.21. The van der Waals surface area contributed by atoms with Gasteiger partial charge in [0.2, 0.25) is 0 Å². The third kappa shape index (κ3) is 45.3. The smallest absolute Gasteiger partial charge is 0.396 e. The Balaban J connectivity index is -0.000000308. The van der Waals surface area contributed by atoms with Crippen molar-refractivity contribution in [3.63, 3.8) is 0 Å². The van der Waals surface area contributed by atoms with Crippen molar-refractivity contribution in [1.82, 2.24) is 0 Å². The maximum atomic E-state index is 8.88. The Morgan fingerprint density at radius 3 is 1.12 bits per heavy atom. The molecule has 0 saturated heterocycles. The minimum absolute atomic E-state index is 0.232. The average Bonchev–Trinajstić information content (AvgIpc) is 2.53. The van der Waals surface area contributed by atoms with Crippen LogP contribution in [0.1, 0.15) is 51.4 Å². The van der Waals surface area contributed by atoms with E-state index in [-0.39, 0.29) is 25.3 Å². The number of hydrogen-bond donors (Lipinski definition) is 9.